The monoisotopic (exact) mass is 561 g/mol. The molecule has 0 saturated carbocycles. The molecule has 2 aromatic heterocycles. The van der Waals surface area contributed by atoms with Crippen molar-refractivity contribution in [1.82, 2.24) is 14.3 Å². The molecule has 0 atom stereocenters. The zero-order valence-electron chi connectivity index (χ0n) is 19.6. The Labute approximate surface area is 221 Å². The van der Waals surface area contributed by atoms with Crippen molar-refractivity contribution in [3.05, 3.63) is 95.8 Å². The fraction of sp³-hybridized carbons (Fsp3) is 0.240. The number of benzene rings is 2. The van der Waals surface area contributed by atoms with Gasteiger partial charge < -0.3 is 10.1 Å². The van der Waals surface area contributed by atoms with Crippen LogP contribution in [0.5, 0.6) is 0 Å². The van der Waals surface area contributed by atoms with Gasteiger partial charge in [0.1, 0.15) is 4.88 Å². The highest BCUT2D eigenvalue weighted by atomic mass is 35.5. The number of aromatic carboxylic acids is 1. The van der Waals surface area contributed by atoms with Crippen molar-refractivity contribution >= 4 is 49.8 Å². The number of aromatic amines is 2. The predicted molar refractivity (Wildman–Crippen MR) is 143 cm³/mol. The maximum atomic E-state index is 13.6. The minimum atomic E-state index is -3.97. The largest absolute Gasteiger partial charge is 0.477 e. The highest BCUT2D eigenvalue weighted by Crippen LogP contribution is 2.22. The first-order chi connectivity index (χ1) is 17.6. The Morgan fingerprint density at radius 2 is 1.73 bits per heavy atom. The summed E-state index contributed by atoms with van der Waals surface area (Å²) in [5, 5.41) is 9.81. The van der Waals surface area contributed by atoms with Crippen LogP contribution in [-0.2, 0) is 22.9 Å². The van der Waals surface area contributed by atoms with E-state index in [1.165, 1.54) is 33.8 Å². The third-order valence-corrected chi connectivity index (χ3v) is 9.08. The summed E-state index contributed by atoms with van der Waals surface area (Å²) in [6.07, 6.45) is 2.18. The number of hydrogen-bond acceptors (Lipinski definition) is 6. The van der Waals surface area contributed by atoms with E-state index in [1.807, 2.05) is 18.2 Å². The number of thiophene rings is 1. The van der Waals surface area contributed by atoms with Gasteiger partial charge >= 0.3 is 11.7 Å². The standard InChI is InChI=1S/C25H24ClN3O6S2/c26-17-6-1-4-16(14-17)5-2-12-29(13-3-7-18-8-11-22(36-18)24(31)32)37(34,35)19-9-10-21-20(15-19)23(30)28-25(33)27-21/h1,4,6,8-11,14-15H,2-3,5,7,12-13H2,(H,31,32)(H2,27,28,30,33). The molecule has 0 amide bonds. The number of aromatic nitrogens is 2. The molecule has 2 aromatic carbocycles. The fourth-order valence-corrected chi connectivity index (χ4v) is 6.66. The van der Waals surface area contributed by atoms with Crippen molar-refractivity contribution in [1.29, 1.82) is 0 Å². The Hall–Kier alpha value is -3.25. The predicted octanol–water partition coefficient (Wildman–Crippen LogP) is 3.89. The molecule has 0 spiro atoms. The summed E-state index contributed by atoms with van der Waals surface area (Å²) < 4.78 is 28.6. The zero-order chi connectivity index (χ0) is 26.6. The van der Waals surface area contributed by atoms with Gasteiger partial charge in [-0.3, -0.25) is 9.78 Å². The number of fused-ring (bicyclic) bond motifs is 1. The van der Waals surface area contributed by atoms with E-state index in [9.17, 15) is 22.8 Å². The van der Waals surface area contributed by atoms with E-state index in [0.29, 0.717) is 30.7 Å². The molecule has 2 heterocycles. The Kier molecular flexibility index (Phi) is 8.28. The minimum Gasteiger partial charge on any atom is -0.477 e. The van der Waals surface area contributed by atoms with Crippen LogP contribution < -0.4 is 11.2 Å². The number of nitrogens with zero attached hydrogens (tertiary/aromatic N) is 1. The van der Waals surface area contributed by atoms with Crippen LogP contribution in [0.15, 0.2) is 69.1 Å². The zero-order valence-corrected chi connectivity index (χ0v) is 22.0. The molecule has 0 aliphatic rings. The molecule has 0 aliphatic heterocycles. The van der Waals surface area contributed by atoms with Gasteiger partial charge in [-0.1, -0.05) is 23.7 Å². The quantitative estimate of drug-likeness (QED) is 0.254. The van der Waals surface area contributed by atoms with Gasteiger partial charge in [0.05, 0.1) is 15.8 Å². The summed E-state index contributed by atoms with van der Waals surface area (Å²) in [5.74, 6) is -0.992. The molecule has 12 heteroatoms. The number of carbonyl (C=O) groups is 1. The maximum Gasteiger partial charge on any atom is 0.345 e. The van der Waals surface area contributed by atoms with Crippen molar-refractivity contribution in [3.8, 4) is 0 Å². The number of H-pyrrole nitrogens is 2. The lowest BCUT2D eigenvalue weighted by atomic mass is 10.1. The first kappa shape index (κ1) is 26.8. The number of hydrogen-bond donors (Lipinski definition) is 3. The van der Waals surface area contributed by atoms with Crippen molar-refractivity contribution in [2.75, 3.05) is 13.1 Å². The number of halogens is 1. The second-order valence-corrected chi connectivity index (χ2v) is 12.0. The van der Waals surface area contributed by atoms with Crippen LogP contribution in [0.3, 0.4) is 0 Å². The van der Waals surface area contributed by atoms with E-state index in [4.69, 9.17) is 16.7 Å². The van der Waals surface area contributed by atoms with Crippen LogP contribution in [0, 0.1) is 0 Å². The van der Waals surface area contributed by atoms with E-state index in [1.54, 1.807) is 18.2 Å². The average Bonchev–Trinajstić information content (AvgIpc) is 3.32. The summed E-state index contributed by atoms with van der Waals surface area (Å²) >= 11 is 7.23. The Bertz CT molecular complexity index is 1660. The molecular formula is C25H24ClN3O6S2. The van der Waals surface area contributed by atoms with Crippen LogP contribution >= 0.6 is 22.9 Å². The molecule has 0 aliphatic carbocycles. The van der Waals surface area contributed by atoms with Gasteiger partial charge in [-0.05, 0) is 73.7 Å². The third kappa shape index (κ3) is 6.55. The molecular weight excluding hydrogens is 538 g/mol. The van der Waals surface area contributed by atoms with Gasteiger partial charge in [0, 0.05) is 23.0 Å². The number of rotatable bonds is 11. The van der Waals surface area contributed by atoms with Crippen LogP contribution in [-0.4, -0.2) is 46.9 Å². The summed E-state index contributed by atoms with van der Waals surface area (Å²) in [5.41, 5.74) is -0.108. The molecule has 9 nitrogen and oxygen atoms in total. The van der Waals surface area contributed by atoms with Crippen LogP contribution in [0.2, 0.25) is 5.02 Å². The number of nitrogens with one attached hydrogen (secondary N) is 2. The van der Waals surface area contributed by atoms with Crippen molar-refractivity contribution in [2.24, 2.45) is 0 Å². The van der Waals surface area contributed by atoms with Gasteiger partial charge in [0.15, 0.2) is 0 Å². The highest BCUT2D eigenvalue weighted by molar-refractivity contribution is 7.89. The van der Waals surface area contributed by atoms with Crippen molar-refractivity contribution in [3.63, 3.8) is 0 Å². The lowest BCUT2D eigenvalue weighted by Gasteiger charge is -2.22. The molecule has 194 valence electrons. The van der Waals surface area contributed by atoms with Crippen molar-refractivity contribution < 1.29 is 18.3 Å². The van der Waals surface area contributed by atoms with E-state index in [0.717, 1.165) is 10.4 Å². The number of sulfonamides is 1. The second kappa shape index (κ2) is 11.4. The van der Waals surface area contributed by atoms with Crippen LogP contribution in [0.1, 0.15) is 33.0 Å². The van der Waals surface area contributed by atoms with Crippen LogP contribution in [0.4, 0.5) is 0 Å². The lowest BCUT2D eigenvalue weighted by Crippen LogP contribution is -2.33. The summed E-state index contributed by atoms with van der Waals surface area (Å²) in [6.45, 7) is 0.442. The molecule has 4 rings (SSSR count). The fourth-order valence-electron chi connectivity index (χ4n) is 4.01. The number of aryl methyl sites for hydroxylation is 2. The molecule has 0 fully saturated rings. The summed E-state index contributed by atoms with van der Waals surface area (Å²) in [4.78, 5) is 40.6. The molecule has 3 N–H and O–H groups in total. The number of carboxylic acids is 1. The third-order valence-electron chi connectivity index (χ3n) is 5.81. The Morgan fingerprint density at radius 1 is 0.973 bits per heavy atom. The summed E-state index contributed by atoms with van der Waals surface area (Å²) in [7, 11) is -3.97. The van der Waals surface area contributed by atoms with E-state index < -0.39 is 27.2 Å². The molecule has 0 saturated heterocycles. The first-order valence-electron chi connectivity index (χ1n) is 11.5. The molecule has 0 bridgehead atoms. The maximum absolute atomic E-state index is 13.6. The Morgan fingerprint density at radius 3 is 2.43 bits per heavy atom. The first-order valence-corrected chi connectivity index (χ1v) is 14.1. The molecule has 4 aromatic rings. The summed E-state index contributed by atoms with van der Waals surface area (Å²) in [6, 6.07) is 14.7. The van der Waals surface area contributed by atoms with Gasteiger partial charge in [-0.25, -0.2) is 18.0 Å². The lowest BCUT2D eigenvalue weighted by molar-refractivity contribution is 0.0702. The van der Waals surface area contributed by atoms with Gasteiger partial charge in [-0.2, -0.15) is 4.31 Å². The minimum absolute atomic E-state index is 0.0513. The SMILES string of the molecule is O=C(O)c1ccc(CCCN(CCCc2cccc(Cl)c2)S(=O)(=O)c2ccc3[nH]c(=O)[nH]c(=O)c3c2)s1. The molecule has 37 heavy (non-hydrogen) atoms. The number of carboxylic acid groups (broad SMARTS) is 1. The van der Waals surface area contributed by atoms with Gasteiger partial charge in [0.2, 0.25) is 10.0 Å². The Balaban J connectivity index is 1.55. The second-order valence-electron chi connectivity index (χ2n) is 8.43. The topological polar surface area (TPSA) is 140 Å². The molecule has 0 radical (unpaired) electrons. The van der Waals surface area contributed by atoms with Crippen molar-refractivity contribution in [2.45, 2.75) is 30.6 Å². The van der Waals surface area contributed by atoms with E-state index in [-0.39, 0.29) is 33.8 Å². The average molecular weight is 562 g/mol. The molecule has 0 unspecified atom stereocenters. The van der Waals surface area contributed by atoms with Crippen LogP contribution in [0.25, 0.3) is 10.9 Å². The van der Waals surface area contributed by atoms with Gasteiger partial charge in [-0.15, -0.1) is 11.3 Å². The van der Waals surface area contributed by atoms with Gasteiger partial charge in [0.25, 0.3) is 5.56 Å². The van der Waals surface area contributed by atoms with E-state index >= 15 is 0 Å². The van der Waals surface area contributed by atoms with E-state index in [2.05, 4.69) is 9.97 Å². The highest BCUT2D eigenvalue weighted by Gasteiger charge is 2.25. The smallest absolute Gasteiger partial charge is 0.345 e. The normalized spacial score (nSPS) is 11.8.